The van der Waals surface area contributed by atoms with Crippen LogP contribution in [0.3, 0.4) is 0 Å². The summed E-state index contributed by atoms with van der Waals surface area (Å²) in [5.74, 6) is -1.61. The number of hydrogen-bond acceptors (Lipinski definition) is 8. The van der Waals surface area contributed by atoms with Crippen LogP contribution in [0.4, 0.5) is 11.4 Å². The van der Waals surface area contributed by atoms with Gasteiger partial charge in [-0.05, 0) is 110 Å². The molecule has 0 spiro atoms. The van der Waals surface area contributed by atoms with Crippen molar-refractivity contribution in [1.29, 1.82) is 0 Å². The maximum Gasteiger partial charge on any atom is 0.338 e. The van der Waals surface area contributed by atoms with Crippen molar-refractivity contribution >= 4 is 69.5 Å². The van der Waals surface area contributed by atoms with Crippen molar-refractivity contribution in [2.45, 2.75) is 20.8 Å². The van der Waals surface area contributed by atoms with Crippen LogP contribution in [0.1, 0.15) is 47.1 Å². The number of amides is 2. The number of carboxylic acid groups (broad SMARTS) is 1. The Kier molecular flexibility index (Phi) is 10.1. The fourth-order valence-electron chi connectivity index (χ4n) is 4.11. The highest BCUT2D eigenvalue weighted by molar-refractivity contribution is 14.1. The zero-order valence-electron chi connectivity index (χ0n) is 23.5. The predicted octanol–water partition coefficient (Wildman–Crippen LogP) is 5.39. The van der Waals surface area contributed by atoms with Crippen molar-refractivity contribution in [3.05, 3.63) is 86.5 Å². The molecule has 1 heterocycles. The van der Waals surface area contributed by atoms with Crippen LogP contribution in [0.2, 0.25) is 0 Å². The maximum atomic E-state index is 13.2. The highest BCUT2D eigenvalue weighted by atomic mass is 127. The number of ether oxygens (including phenoxy) is 3. The molecule has 0 saturated carbocycles. The molecule has 1 aliphatic rings. The topological polar surface area (TPSA) is 144 Å². The van der Waals surface area contributed by atoms with Gasteiger partial charge in [-0.1, -0.05) is 6.07 Å². The van der Waals surface area contributed by atoms with Gasteiger partial charge in [-0.25, -0.2) is 9.59 Å². The van der Waals surface area contributed by atoms with Crippen molar-refractivity contribution in [1.82, 2.24) is 0 Å². The molecular formula is C31H28IN3O8. The lowest BCUT2D eigenvalue weighted by Crippen LogP contribution is -2.21. The lowest BCUT2D eigenvalue weighted by Gasteiger charge is -2.15. The van der Waals surface area contributed by atoms with Crippen LogP contribution in [0.5, 0.6) is 11.5 Å². The molecule has 0 aliphatic carbocycles. The van der Waals surface area contributed by atoms with E-state index in [4.69, 9.17) is 14.2 Å². The Labute approximate surface area is 261 Å². The number of carboxylic acids is 1. The highest BCUT2D eigenvalue weighted by Gasteiger charge is 2.29. The third-order valence-electron chi connectivity index (χ3n) is 6.07. The number of carbonyl (C=O) groups is 4. The van der Waals surface area contributed by atoms with Gasteiger partial charge in [0.25, 0.3) is 11.8 Å². The van der Waals surface area contributed by atoms with E-state index in [1.807, 2.05) is 6.92 Å². The first-order valence-corrected chi connectivity index (χ1v) is 14.3. The molecule has 3 aromatic carbocycles. The Morgan fingerprint density at radius 1 is 1.00 bits per heavy atom. The summed E-state index contributed by atoms with van der Waals surface area (Å²) in [6.45, 7) is 5.53. The van der Waals surface area contributed by atoms with Crippen LogP contribution in [-0.4, -0.2) is 54.4 Å². The number of esters is 1. The molecule has 0 bridgehead atoms. The number of hydrazone groups is 1. The number of benzene rings is 3. The SMILES string of the molecule is CCOC(=O)c1ccc(NC(=O)COc2c(I)cc(C=C3C(=O)N(c4cccc(C(=O)O)c4)N=C3C)cc2OCC)cc1. The molecule has 11 nitrogen and oxygen atoms in total. The first-order chi connectivity index (χ1) is 20.6. The molecule has 222 valence electrons. The van der Waals surface area contributed by atoms with Gasteiger partial charge in [0.05, 0.1) is 44.9 Å². The van der Waals surface area contributed by atoms with E-state index in [0.29, 0.717) is 55.5 Å². The molecule has 0 unspecified atom stereocenters. The van der Waals surface area contributed by atoms with Crippen molar-refractivity contribution < 1.29 is 38.5 Å². The van der Waals surface area contributed by atoms with Gasteiger partial charge in [-0.2, -0.15) is 10.1 Å². The summed E-state index contributed by atoms with van der Waals surface area (Å²) < 4.78 is 17.2. The molecule has 1 aliphatic heterocycles. The summed E-state index contributed by atoms with van der Waals surface area (Å²) >= 11 is 2.07. The van der Waals surface area contributed by atoms with Crippen LogP contribution in [0, 0.1) is 3.57 Å². The number of hydrogen-bond donors (Lipinski definition) is 2. The standard InChI is InChI=1S/C31H28IN3O8/c1-4-41-26-15-19(13-24-18(3)34-35(29(24)37)23-8-6-7-21(16-23)30(38)39)14-25(32)28(26)43-17-27(36)33-22-11-9-20(10-12-22)31(40)42-5-2/h6-16H,4-5,17H2,1-3H3,(H,33,36)(H,38,39). The van der Waals surface area contributed by atoms with Gasteiger partial charge in [0.1, 0.15) is 0 Å². The fraction of sp³-hybridized carbons (Fsp3) is 0.194. The van der Waals surface area contributed by atoms with Crippen molar-refractivity contribution in [3.8, 4) is 11.5 Å². The van der Waals surface area contributed by atoms with Gasteiger partial charge >= 0.3 is 11.9 Å². The van der Waals surface area contributed by atoms with Gasteiger partial charge < -0.3 is 24.6 Å². The van der Waals surface area contributed by atoms with E-state index in [2.05, 4.69) is 33.0 Å². The Hall–Kier alpha value is -4.72. The van der Waals surface area contributed by atoms with E-state index in [-0.39, 0.29) is 18.8 Å². The number of nitrogens with zero attached hydrogens (tertiary/aromatic N) is 2. The van der Waals surface area contributed by atoms with E-state index in [1.54, 1.807) is 68.5 Å². The summed E-state index contributed by atoms with van der Waals surface area (Å²) in [5.41, 5.74) is 2.70. The van der Waals surface area contributed by atoms with Gasteiger partial charge in [-0.15, -0.1) is 0 Å². The summed E-state index contributed by atoms with van der Waals surface area (Å²) in [6.07, 6.45) is 1.67. The number of halogens is 1. The average molecular weight is 697 g/mol. The molecule has 12 heteroatoms. The molecule has 3 aromatic rings. The smallest absolute Gasteiger partial charge is 0.338 e. The minimum Gasteiger partial charge on any atom is -0.490 e. The van der Waals surface area contributed by atoms with Crippen molar-refractivity contribution in [3.63, 3.8) is 0 Å². The average Bonchev–Trinajstić information content (AvgIpc) is 3.26. The quantitative estimate of drug-likeness (QED) is 0.154. The number of nitrogens with one attached hydrogen (secondary N) is 1. The molecule has 0 fully saturated rings. The molecular weight excluding hydrogens is 669 g/mol. The third-order valence-corrected chi connectivity index (χ3v) is 6.87. The zero-order chi connectivity index (χ0) is 31.1. The summed E-state index contributed by atoms with van der Waals surface area (Å²) in [5, 5.41) is 17.5. The number of aromatic carboxylic acids is 1. The van der Waals surface area contributed by atoms with Crippen LogP contribution in [0.15, 0.2) is 71.3 Å². The summed E-state index contributed by atoms with van der Waals surface area (Å²) in [4.78, 5) is 49.0. The predicted molar refractivity (Wildman–Crippen MR) is 169 cm³/mol. The van der Waals surface area contributed by atoms with E-state index in [0.717, 1.165) is 0 Å². The van der Waals surface area contributed by atoms with E-state index in [1.165, 1.54) is 17.1 Å². The number of carbonyl (C=O) groups excluding carboxylic acids is 3. The second-order valence-electron chi connectivity index (χ2n) is 9.11. The lowest BCUT2D eigenvalue weighted by molar-refractivity contribution is -0.118. The van der Waals surface area contributed by atoms with Gasteiger partial charge in [0.15, 0.2) is 18.1 Å². The molecule has 0 atom stereocenters. The molecule has 43 heavy (non-hydrogen) atoms. The normalized spacial score (nSPS) is 13.5. The molecule has 2 amide bonds. The zero-order valence-corrected chi connectivity index (χ0v) is 25.7. The van der Waals surface area contributed by atoms with Gasteiger partial charge in [-0.3, -0.25) is 9.59 Å². The van der Waals surface area contributed by atoms with Gasteiger partial charge in [0.2, 0.25) is 0 Å². The number of rotatable bonds is 11. The monoisotopic (exact) mass is 697 g/mol. The highest BCUT2D eigenvalue weighted by Crippen LogP contribution is 2.36. The van der Waals surface area contributed by atoms with Crippen molar-refractivity contribution in [2.75, 3.05) is 30.1 Å². The van der Waals surface area contributed by atoms with E-state index < -0.39 is 23.8 Å². The first kappa shape index (κ1) is 31.2. The molecule has 0 aromatic heterocycles. The minimum absolute atomic E-state index is 0.0441. The van der Waals surface area contributed by atoms with Crippen LogP contribution in [0.25, 0.3) is 6.08 Å². The van der Waals surface area contributed by atoms with Crippen LogP contribution in [-0.2, 0) is 14.3 Å². The van der Waals surface area contributed by atoms with Crippen molar-refractivity contribution in [2.24, 2.45) is 5.10 Å². The molecule has 2 N–H and O–H groups in total. The van der Waals surface area contributed by atoms with E-state index in [9.17, 15) is 24.3 Å². The lowest BCUT2D eigenvalue weighted by atomic mass is 10.1. The minimum atomic E-state index is -1.10. The summed E-state index contributed by atoms with van der Waals surface area (Å²) in [7, 11) is 0. The van der Waals surface area contributed by atoms with Crippen LogP contribution >= 0.6 is 22.6 Å². The maximum absolute atomic E-state index is 13.2. The molecule has 4 rings (SSSR count). The Bertz CT molecular complexity index is 1630. The fourth-order valence-corrected chi connectivity index (χ4v) is 4.89. The van der Waals surface area contributed by atoms with Crippen LogP contribution < -0.4 is 19.8 Å². The Balaban J connectivity index is 1.48. The largest absolute Gasteiger partial charge is 0.490 e. The second-order valence-corrected chi connectivity index (χ2v) is 10.3. The van der Waals surface area contributed by atoms with E-state index >= 15 is 0 Å². The Morgan fingerprint density at radius 3 is 2.42 bits per heavy atom. The Morgan fingerprint density at radius 2 is 1.74 bits per heavy atom. The van der Waals surface area contributed by atoms with Gasteiger partial charge in [0, 0.05) is 5.69 Å². The summed E-state index contributed by atoms with van der Waals surface area (Å²) in [6, 6.07) is 15.8. The second kappa shape index (κ2) is 14.0. The molecule has 0 saturated heterocycles. The number of anilines is 2. The third kappa shape index (κ3) is 7.57. The first-order valence-electron chi connectivity index (χ1n) is 13.2. The molecule has 0 radical (unpaired) electrons.